The summed E-state index contributed by atoms with van der Waals surface area (Å²) in [6, 6.07) is 3.65. The molecule has 20 heavy (non-hydrogen) atoms. The van der Waals surface area contributed by atoms with Crippen LogP contribution in [0.3, 0.4) is 0 Å². The molecular formula is C14H22N4O2. The Morgan fingerprint density at radius 2 is 2.00 bits per heavy atom. The average molecular weight is 278 g/mol. The highest BCUT2D eigenvalue weighted by Gasteiger charge is 2.15. The Kier molecular flexibility index (Phi) is 5.03. The fourth-order valence-electron chi connectivity index (χ4n) is 2.48. The Labute approximate surface area is 118 Å². The van der Waals surface area contributed by atoms with Gasteiger partial charge >= 0.3 is 6.03 Å². The molecule has 2 rings (SSSR count). The highest BCUT2D eigenvalue weighted by atomic mass is 16.2. The van der Waals surface area contributed by atoms with E-state index in [-0.39, 0.29) is 24.4 Å². The van der Waals surface area contributed by atoms with Gasteiger partial charge in [-0.05, 0) is 25.0 Å². The summed E-state index contributed by atoms with van der Waals surface area (Å²) in [5.74, 6) is -0.231. The number of urea groups is 1. The molecule has 3 N–H and O–H groups in total. The van der Waals surface area contributed by atoms with Crippen molar-refractivity contribution in [3.8, 4) is 0 Å². The van der Waals surface area contributed by atoms with Crippen molar-refractivity contribution in [2.24, 2.45) is 7.05 Å². The largest absolute Gasteiger partial charge is 0.354 e. The number of carbonyl (C=O) groups is 2. The number of hydrogen-bond acceptors (Lipinski definition) is 2. The second-order valence-electron chi connectivity index (χ2n) is 5.27. The quantitative estimate of drug-likeness (QED) is 0.727. The van der Waals surface area contributed by atoms with E-state index < -0.39 is 0 Å². The Hall–Kier alpha value is -1.98. The molecule has 6 heteroatoms. The van der Waals surface area contributed by atoms with Crippen molar-refractivity contribution >= 4 is 11.9 Å². The molecule has 1 heterocycles. The van der Waals surface area contributed by atoms with E-state index in [1.54, 1.807) is 0 Å². The van der Waals surface area contributed by atoms with Crippen LogP contribution < -0.4 is 16.2 Å². The SMILES string of the molecule is Cn1cccc1CC(=O)NNC(=O)NC1CCCCC1. The van der Waals surface area contributed by atoms with Crippen LogP contribution in [0.1, 0.15) is 37.8 Å². The van der Waals surface area contributed by atoms with Gasteiger partial charge in [0.15, 0.2) is 0 Å². The normalized spacial score (nSPS) is 15.7. The van der Waals surface area contributed by atoms with Crippen molar-refractivity contribution < 1.29 is 9.59 Å². The van der Waals surface area contributed by atoms with E-state index in [9.17, 15) is 9.59 Å². The number of hydrogen-bond donors (Lipinski definition) is 3. The molecule has 0 saturated heterocycles. The van der Waals surface area contributed by atoms with Gasteiger partial charge in [0.2, 0.25) is 5.91 Å². The summed E-state index contributed by atoms with van der Waals surface area (Å²) in [4.78, 5) is 23.3. The Bertz CT molecular complexity index is 463. The first-order valence-electron chi connectivity index (χ1n) is 7.10. The van der Waals surface area contributed by atoms with Gasteiger partial charge in [0.1, 0.15) is 0 Å². The molecule has 0 bridgehead atoms. The molecule has 0 atom stereocenters. The lowest BCUT2D eigenvalue weighted by molar-refractivity contribution is -0.121. The molecule has 3 amide bonds. The van der Waals surface area contributed by atoms with Crippen molar-refractivity contribution in [1.82, 2.24) is 20.7 Å². The summed E-state index contributed by atoms with van der Waals surface area (Å²) in [6.07, 6.45) is 7.72. The highest BCUT2D eigenvalue weighted by Crippen LogP contribution is 2.16. The summed E-state index contributed by atoms with van der Waals surface area (Å²) in [7, 11) is 1.88. The number of amides is 3. The van der Waals surface area contributed by atoms with Crippen LogP contribution >= 0.6 is 0 Å². The summed E-state index contributed by atoms with van der Waals surface area (Å²) >= 11 is 0. The first kappa shape index (κ1) is 14.4. The van der Waals surface area contributed by atoms with E-state index >= 15 is 0 Å². The zero-order valence-corrected chi connectivity index (χ0v) is 11.8. The van der Waals surface area contributed by atoms with Gasteiger partial charge in [0.25, 0.3) is 0 Å². The lowest BCUT2D eigenvalue weighted by Crippen LogP contribution is -2.50. The lowest BCUT2D eigenvalue weighted by Gasteiger charge is -2.22. The average Bonchev–Trinajstić information content (AvgIpc) is 2.83. The standard InChI is InChI=1S/C14H22N4O2/c1-18-9-5-8-12(18)10-13(19)16-17-14(20)15-11-6-3-2-4-7-11/h5,8-9,11H,2-4,6-7,10H2,1H3,(H,16,19)(H2,15,17,20). The molecule has 110 valence electrons. The smallest absolute Gasteiger partial charge is 0.333 e. The number of carbonyl (C=O) groups excluding carboxylic acids is 2. The first-order valence-corrected chi connectivity index (χ1v) is 7.10. The number of rotatable bonds is 3. The van der Waals surface area contributed by atoms with Crippen molar-refractivity contribution in [2.75, 3.05) is 0 Å². The number of nitrogens with one attached hydrogen (secondary N) is 3. The van der Waals surface area contributed by atoms with Gasteiger partial charge in [-0.3, -0.25) is 10.2 Å². The van der Waals surface area contributed by atoms with E-state index in [0.717, 1.165) is 31.4 Å². The van der Waals surface area contributed by atoms with Crippen LogP contribution in [-0.2, 0) is 18.3 Å². The van der Waals surface area contributed by atoms with Crippen LogP contribution in [0.4, 0.5) is 4.79 Å². The van der Waals surface area contributed by atoms with Crippen LogP contribution in [-0.4, -0.2) is 22.5 Å². The second-order valence-corrected chi connectivity index (χ2v) is 5.27. The molecule has 0 radical (unpaired) electrons. The van der Waals surface area contributed by atoms with Crippen molar-refractivity contribution in [3.63, 3.8) is 0 Å². The van der Waals surface area contributed by atoms with Crippen LogP contribution in [0.15, 0.2) is 18.3 Å². The van der Waals surface area contributed by atoms with Crippen LogP contribution in [0.5, 0.6) is 0 Å². The minimum absolute atomic E-state index is 0.230. The summed E-state index contributed by atoms with van der Waals surface area (Å²) in [5, 5.41) is 2.87. The van der Waals surface area contributed by atoms with Gasteiger partial charge in [0, 0.05) is 25.0 Å². The molecular weight excluding hydrogens is 256 g/mol. The maximum atomic E-state index is 11.7. The van der Waals surface area contributed by atoms with Crippen LogP contribution in [0.2, 0.25) is 0 Å². The number of hydrazine groups is 1. The number of aromatic nitrogens is 1. The maximum Gasteiger partial charge on any atom is 0.333 e. The molecule has 1 aromatic heterocycles. The summed E-state index contributed by atoms with van der Waals surface area (Å²) in [5.41, 5.74) is 5.73. The molecule has 6 nitrogen and oxygen atoms in total. The fraction of sp³-hybridized carbons (Fsp3) is 0.571. The Morgan fingerprint density at radius 3 is 2.65 bits per heavy atom. The molecule has 0 aromatic carbocycles. The van der Waals surface area contributed by atoms with Crippen molar-refractivity contribution in [1.29, 1.82) is 0 Å². The van der Waals surface area contributed by atoms with Gasteiger partial charge in [-0.2, -0.15) is 0 Å². The molecule has 0 unspecified atom stereocenters. The van der Waals surface area contributed by atoms with Gasteiger partial charge in [0.05, 0.1) is 6.42 Å². The molecule has 0 aliphatic heterocycles. The minimum atomic E-state index is -0.336. The third-order valence-electron chi connectivity index (χ3n) is 3.65. The number of aryl methyl sites for hydroxylation is 1. The Morgan fingerprint density at radius 1 is 1.25 bits per heavy atom. The van der Waals surface area contributed by atoms with Crippen LogP contribution in [0.25, 0.3) is 0 Å². The number of nitrogens with zero attached hydrogens (tertiary/aromatic N) is 1. The summed E-state index contributed by atoms with van der Waals surface area (Å²) < 4.78 is 1.88. The molecule has 1 aromatic rings. The monoisotopic (exact) mass is 278 g/mol. The molecule has 1 aliphatic carbocycles. The predicted octanol–water partition coefficient (Wildman–Crippen LogP) is 1.23. The van der Waals surface area contributed by atoms with Crippen LogP contribution in [0, 0.1) is 0 Å². The third-order valence-corrected chi connectivity index (χ3v) is 3.65. The fourth-order valence-corrected chi connectivity index (χ4v) is 2.48. The predicted molar refractivity (Wildman–Crippen MR) is 75.8 cm³/mol. The van der Waals surface area contributed by atoms with E-state index in [2.05, 4.69) is 16.2 Å². The van der Waals surface area contributed by atoms with E-state index in [0.29, 0.717) is 0 Å². The van der Waals surface area contributed by atoms with Gasteiger partial charge in [-0.1, -0.05) is 19.3 Å². The molecule has 1 fully saturated rings. The molecule has 1 aliphatic rings. The first-order chi connectivity index (χ1) is 9.65. The lowest BCUT2D eigenvalue weighted by atomic mass is 9.96. The van der Waals surface area contributed by atoms with E-state index in [1.807, 2.05) is 29.9 Å². The topological polar surface area (TPSA) is 75.2 Å². The van der Waals surface area contributed by atoms with Gasteiger partial charge in [-0.15, -0.1) is 0 Å². The van der Waals surface area contributed by atoms with Crippen molar-refractivity contribution in [2.45, 2.75) is 44.6 Å². The Balaban J connectivity index is 1.67. The van der Waals surface area contributed by atoms with E-state index in [1.165, 1.54) is 6.42 Å². The second kappa shape index (κ2) is 6.98. The molecule has 1 saturated carbocycles. The van der Waals surface area contributed by atoms with Gasteiger partial charge < -0.3 is 9.88 Å². The highest BCUT2D eigenvalue weighted by molar-refractivity contribution is 5.82. The molecule has 0 spiro atoms. The maximum absolute atomic E-state index is 11.7. The third kappa shape index (κ3) is 4.29. The zero-order chi connectivity index (χ0) is 14.4. The minimum Gasteiger partial charge on any atom is -0.354 e. The van der Waals surface area contributed by atoms with Gasteiger partial charge in [-0.25, -0.2) is 10.2 Å². The zero-order valence-electron chi connectivity index (χ0n) is 11.8. The summed E-state index contributed by atoms with van der Waals surface area (Å²) in [6.45, 7) is 0. The van der Waals surface area contributed by atoms with Crippen molar-refractivity contribution in [3.05, 3.63) is 24.0 Å². The van der Waals surface area contributed by atoms with E-state index in [4.69, 9.17) is 0 Å².